The molecule has 0 aliphatic carbocycles. The highest BCUT2D eigenvalue weighted by Crippen LogP contribution is 2.15. The van der Waals surface area contributed by atoms with Crippen LogP contribution in [0.15, 0.2) is 35.2 Å². The fourth-order valence-electron chi connectivity index (χ4n) is 3.23. The molecule has 1 aliphatic rings. The first-order chi connectivity index (χ1) is 12.7. The normalized spacial score (nSPS) is 16.7. The van der Waals surface area contributed by atoms with E-state index in [-0.39, 0.29) is 0 Å². The Morgan fingerprint density at radius 1 is 1.23 bits per heavy atom. The van der Waals surface area contributed by atoms with Crippen LogP contribution in [-0.4, -0.2) is 48.8 Å². The van der Waals surface area contributed by atoms with Gasteiger partial charge in [-0.3, -0.25) is 4.90 Å². The first-order valence-electron chi connectivity index (χ1n) is 9.33. The topological polar surface area (TPSA) is 46.6 Å². The van der Waals surface area contributed by atoms with Crippen LogP contribution in [0.25, 0.3) is 0 Å². The first-order valence-corrected chi connectivity index (χ1v) is 10.3. The second-order valence-electron chi connectivity index (χ2n) is 7.00. The molecule has 1 N–H and O–H groups in total. The number of ether oxygens (including phenoxy) is 2. The molecule has 3 rings (SSSR count). The molecule has 2 aromatic rings. The highest BCUT2D eigenvalue weighted by Gasteiger charge is 2.23. The van der Waals surface area contributed by atoms with Gasteiger partial charge < -0.3 is 14.8 Å². The van der Waals surface area contributed by atoms with Crippen LogP contribution in [-0.2, 0) is 17.9 Å². The van der Waals surface area contributed by atoms with E-state index in [2.05, 4.69) is 41.2 Å². The van der Waals surface area contributed by atoms with Gasteiger partial charge in [0.2, 0.25) is 0 Å². The summed E-state index contributed by atoms with van der Waals surface area (Å²) < 4.78 is 11.2. The van der Waals surface area contributed by atoms with E-state index >= 15 is 0 Å². The van der Waals surface area contributed by atoms with Gasteiger partial charge in [-0.25, -0.2) is 4.98 Å². The Bertz CT molecular complexity index is 625. The Morgan fingerprint density at radius 2 is 2.00 bits per heavy atom. The second kappa shape index (κ2) is 10.0. The Morgan fingerprint density at radius 3 is 2.65 bits per heavy atom. The molecule has 0 saturated carbocycles. The fraction of sp³-hybridized carbons (Fsp3) is 0.550. The van der Waals surface area contributed by atoms with Gasteiger partial charge in [-0.1, -0.05) is 26.0 Å². The van der Waals surface area contributed by atoms with Crippen molar-refractivity contribution in [1.29, 1.82) is 0 Å². The van der Waals surface area contributed by atoms with Crippen LogP contribution in [0.3, 0.4) is 0 Å². The summed E-state index contributed by atoms with van der Waals surface area (Å²) in [5.74, 6) is 1.51. The van der Waals surface area contributed by atoms with Gasteiger partial charge in [0.25, 0.3) is 0 Å². The summed E-state index contributed by atoms with van der Waals surface area (Å²) in [5.41, 5.74) is 4.08. The number of hydrogen-bond acceptors (Lipinski definition) is 6. The predicted molar refractivity (Wildman–Crippen MR) is 106 cm³/mol. The van der Waals surface area contributed by atoms with E-state index in [0.29, 0.717) is 18.6 Å². The van der Waals surface area contributed by atoms with Gasteiger partial charge in [-0.05, 0) is 23.6 Å². The van der Waals surface area contributed by atoms with Crippen LogP contribution < -0.4 is 10.1 Å². The van der Waals surface area contributed by atoms with Crippen molar-refractivity contribution in [3.8, 4) is 5.75 Å². The largest absolute Gasteiger partial charge is 0.487 e. The molecule has 1 aliphatic heterocycles. The number of morpholine rings is 1. The smallest absolute Gasteiger partial charge is 0.131 e. The number of hydrogen-bond donors (Lipinski definition) is 1. The molecule has 1 aromatic carbocycles. The summed E-state index contributed by atoms with van der Waals surface area (Å²) >= 11 is 1.59. The van der Waals surface area contributed by atoms with Crippen LogP contribution in [0.4, 0.5) is 0 Å². The summed E-state index contributed by atoms with van der Waals surface area (Å²) in [5, 5.41) is 5.63. The summed E-state index contributed by atoms with van der Waals surface area (Å²) in [6.07, 6.45) is 0. The second-order valence-corrected chi connectivity index (χ2v) is 7.72. The zero-order valence-electron chi connectivity index (χ0n) is 15.7. The van der Waals surface area contributed by atoms with Crippen LogP contribution in [0.1, 0.15) is 25.1 Å². The molecule has 0 radical (unpaired) electrons. The number of nitrogens with one attached hydrogen (secondary N) is 1. The number of nitrogens with zero attached hydrogens (tertiary/aromatic N) is 2. The lowest BCUT2D eigenvalue weighted by molar-refractivity contribution is 0.00648. The molecule has 26 heavy (non-hydrogen) atoms. The van der Waals surface area contributed by atoms with Crippen LogP contribution in [0.5, 0.6) is 5.75 Å². The van der Waals surface area contributed by atoms with Gasteiger partial charge in [-0.15, -0.1) is 11.3 Å². The monoisotopic (exact) mass is 375 g/mol. The first kappa shape index (κ1) is 19.3. The predicted octanol–water partition coefficient (Wildman–Crippen LogP) is 3.17. The minimum absolute atomic E-state index is 0.525. The molecule has 5 nitrogen and oxygen atoms in total. The minimum Gasteiger partial charge on any atom is -0.487 e. The quantitative estimate of drug-likeness (QED) is 0.729. The molecule has 6 heteroatoms. The molecule has 1 fully saturated rings. The Balaban J connectivity index is 1.43. The number of aromatic nitrogens is 1. The van der Waals surface area contributed by atoms with Crippen molar-refractivity contribution in [2.75, 3.05) is 32.8 Å². The van der Waals surface area contributed by atoms with E-state index in [1.165, 1.54) is 5.56 Å². The molecule has 0 spiro atoms. The van der Waals surface area contributed by atoms with Crippen molar-refractivity contribution in [3.63, 3.8) is 0 Å². The highest BCUT2D eigenvalue weighted by molar-refractivity contribution is 7.07. The highest BCUT2D eigenvalue weighted by atomic mass is 32.1. The number of benzene rings is 1. The Labute approximate surface area is 160 Å². The molecular weight excluding hydrogens is 346 g/mol. The van der Waals surface area contributed by atoms with Crippen LogP contribution in [0.2, 0.25) is 0 Å². The third-order valence-corrected chi connectivity index (χ3v) is 5.40. The molecule has 142 valence electrons. The lowest BCUT2D eigenvalue weighted by Crippen LogP contribution is -2.50. The zero-order chi connectivity index (χ0) is 18.2. The standard InChI is InChI=1S/C20H29N3O2S/c1-16(2)20(23-7-9-24-10-8-23)12-21-11-17-3-5-19(6-4-17)25-13-18-14-26-15-22-18/h3-6,14-16,20-21H,7-13H2,1-2H3. The molecule has 2 heterocycles. The van der Waals surface area contributed by atoms with E-state index in [9.17, 15) is 0 Å². The van der Waals surface area contributed by atoms with Crippen molar-refractivity contribution in [3.05, 3.63) is 46.4 Å². The van der Waals surface area contributed by atoms with Crippen molar-refractivity contribution in [1.82, 2.24) is 15.2 Å². The number of rotatable bonds is 9. The van der Waals surface area contributed by atoms with Gasteiger partial charge in [-0.2, -0.15) is 0 Å². The summed E-state index contributed by atoms with van der Waals surface area (Å²) in [6.45, 7) is 10.8. The maximum Gasteiger partial charge on any atom is 0.131 e. The van der Waals surface area contributed by atoms with E-state index in [1.54, 1.807) is 11.3 Å². The molecule has 1 unspecified atom stereocenters. The summed E-state index contributed by atoms with van der Waals surface area (Å²) in [4.78, 5) is 6.78. The Kier molecular flexibility index (Phi) is 7.43. The van der Waals surface area contributed by atoms with E-state index < -0.39 is 0 Å². The van der Waals surface area contributed by atoms with Gasteiger partial charge in [0.15, 0.2) is 0 Å². The molecule has 1 aromatic heterocycles. The fourth-order valence-corrected chi connectivity index (χ4v) is 3.77. The maximum absolute atomic E-state index is 5.76. The molecule has 1 atom stereocenters. The maximum atomic E-state index is 5.76. The van der Waals surface area contributed by atoms with Crippen molar-refractivity contribution in [2.24, 2.45) is 5.92 Å². The molecule has 0 bridgehead atoms. The molecule has 0 amide bonds. The zero-order valence-corrected chi connectivity index (χ0v) is 16.5. The van der Waals surface area contributed by atoms with Crippen LogP contribution >= 0.6 is 11.3 Å². The van der Waals surface area contributed by atoms with E-state index in [1.807, 2.05) is 23.0 Å². The summed E-state index contributed by atoms with van der Waals surface area (Å²) in [6, 6.07) is 8.88. The SMILES string of the molecule is CC(C)C(CNCc1ccc(OCc2cscn2)cc1)N1CCOCC1. The van der Waals surface area contributed by atoms with Gasteiger partial charge >= 0.3 is 0 Å². The minimum atomic E-state index is 0.525. The lowest BCUT2D eigenvalue weighted by Gasteiger charge is -2.37. The van der Waals surface area contributed by atoms with Crippen molar-refractivity contribution in [2.45, 2.75) is 33.0 Å². The molecular formula is C20H29N3O2S. The third kappa shape index (κ3) is 5.77. The van der Waals surface area contributed by atoms with Crippen molar-refractivity contribution < 1.29 is 9.47 Å². The van der Waals surface area contributed by atoms with Crippen LogP contribution in [0, 0.1) is 5.92 Å². The van der Waals surface area contributed by atoms with Gasteiger partial charge in [0, 0.05) is 37.6 Å². The van der Waals surface area contributed by atoms with E-state index in [0.717, 1.165) is 50.8 Å². The van der Waals surface area contributed by atoms with Gasteiger partial charge in [0.05, 0.1) is 24.4 Å². The van der Waals surface area contributed by atoms with E-state index in [4.69, 9.17) is 9.47 Å². The average Bonchev–Trinajstić information content (AvgIpc) is 3.18. The summed E-state index contributed by atoms with van der Waals surface area (Å²) in [7, 11) is 0. The molecule has 1 saturated heterocycles. The Hall–Kier alpha value is -1.47. The van der Waals surface area contributed by atoms with Gasteiger partial charge in [0.1, 0.15) is 12.4 Å². The third-order valence-electron chi connectivity index (χ3n) is 4.76. The van der Waals surface area contributed by atoms with Crippen molar-refractivity contribution >= 4 is 11.3 Å². The lowest BCUT2D eigenvalue weighted by atomic mass is 10.0. The number of thiazole rings is 1. The average molecular weight is 376 g/mol.